The number of rotatable bonds is 4. The molecule has 0 saturated carbocycles. The minimum atomic E-state index is -0.904. The lowest BCUT2D eigenvalue weighted by Gasteiger charge is -1.98. The maximum atomic E-state index is 11.2. The molecular formula is C8H5ClN2O5. The molecule has 0 atom stereocenters. The second-order valence-corrected chi connectivity index (χ2v) is 3.24. The van der Waals surface area contributed by atoms with Crippen molar-refractivity contribution in [3.8, 4) is 0 Å². The maximum absolute atomic E-state index is 11.2. The lowest BCUT2D eigenvalue weighted by molar-refractivity contribution is -0.465. The van der Waals surface area contributed by atoms with E-state index in [1.807, 2.05) is 0 Å². The van der Waals surface area contributed by atoms with Gasteiger partial charge in [0.2, 0.25) is 5.78 Å². The standard InChI is InChI=1S/C8H5ClN2O5/c9-6-2-1-5(3-7(6)11(15)16)8(12)4-10(13)14/h1-3H,4H2. The third kappa shape index (κ3) is 2.74. The average molecular weight is 245 g/mol. The normalized spacial score (nSPS) is 9.81. The lowest BCUT2D eigenvalue weighted by Crippen LogP contribution is -2.13. The molecule has 7 nitrogen and oxygen atoms in total. The number of nitro benzene ring substituents is 1. The molecule has 0 aliphatic rings. The molecule has 0 fully saturated rings. The van der Waals surface area contributed by atoms with E-state index in [1.165, 1.54) is 6.07 Å². The first-order valence-corrected chi connectivity index (χ1v) is 4.38. The first kappa shape index (κ1) is 12.1. The molecule has 0 unspecified atom stereocenters. The van der Waals surface area contributed by atoms with Crippen LogP contribution >= 0.6 is 11.6 Å². The van der Waals surface area contributed by atoms with Gasteiger partial charge in [0.1, 0.15) is 5.02 Å². The van der Waals surface area contributed by atoms with Crippen molar-refractivity contribution in [3.63, 3.8) is 0 Å². The van der Waals surface area contributed by atoms with Crippen LogP contribution in [0.3, 0.4) is 0 Å². The Morgan fingerprint density at radius 1 is 1.31 bits per heavy atom. The molecule has 1 aromatic rings. The molecule has 0 N–H and O–H groups in total. The maximum Gasteiger partial charge on any atom is 0.288 e. The quantitative estimate of drug-likeness (QED) is 0.455. The summed E-state index contributed by atoms with van der Waals surface area (Å²) in [5.41, 5.74) is -0.552. The number of nitro groups is 2. The Hall–Kier alpha value is -2.02. The van der Waals surface area contributed by atoms with Crippen LogP contribution in [0.1, 0.15) is 10.4 Å². The number of halogens is 1. The van der Waals surface area contributed by atoms with Crippen molar-refractivity contribution in [1.82, 2.24) is 0 Å². The molecule has 0 amide bonds. The van der Waals surface area contributed by atoms with Gasteiger partial charge in [0.05, 0.1) is 4.92 Å². The molecule has 0 heterocycles. The molecule has 0 bridgehead atoms. The van der Waals surface area contributed by atoms with Crippen LogP contribution < -0.4 is 0 Å². The number of benzene rings is 1. The molecule has 0 saturated heterocycles. The van der Waals surface area contributed by atoms with E-state index in [0.29, 0.717) is 0 Å². The van der Waals surface area contributed by atoms with Crippen molar-refractivity contribution in [2.75, 3.05) is 6.54 Å². The fourth-order valence-corrected chi connectivity index (χ4v) is 1.22. The van der Waals surface area contributed by atoms with Crippen LogP contribution in [0, 0.1) is 20.2 Å². The van der Waals surface area contributed by atoms with E-state index in [0.717, 1.165) is 12.1 Å². The van der Waals surface area contributed by atoms with Crippen LogP contribution in [0.2, 0.25) is 5.02 Å². The zero-order valence-corrected chi connectivity index (χ0v) is 8.51. The molecule has 0 aliphatic carbocycles. The number of Topliss-reactive ketones (excluding diaryl/α,β-unsaturated/α-hetero) is 1. The molecule has 0 aliphatic heterocycles. The molecule has 84 valence electrons. The summed E-state index contributed by atoms with van der Waals surface area (Å²) < 4.78 is 0. The molecule has 0 radical (unpaired) electrons. The van der Waals surface area contributed by atoms with Gasteiger partial charge in [-0.15, -0.1) is 0 Å². The highest BCUT2D eigenvalue weighted by Gasteiger charge is 2.18. The largest absolute Gasteiger partial charge is 0.288 e. The van der Waals surface area contributed by atoms with Gasteiger partial charge in [-0.2, -0.15) is 0 Å². The molecular weight excluding hydrogens is 240 g/mol. The van der Waals surface area contributed by atoms with Gasteiger partial charge < -0.3 is 0 Å². The minimum absolute atomic E-state index is 0.104. The van der Waals surface area contributed by atoms with E-state index >= 15 is 0 Å². The Morgan fingerprint density at radius 2 is 1.94 bits per heavy atom. The third-order valence-electron chi connectivity index (χ3n) is 1.74. The van der Waals surface area contributed by atoms with Crippen molar-refractivity contribution in [2.24, 2.45) is 0 Å². The highest BCUT2D eigenvalue weighted by Crippen LogP contribution is 2.25. The Balaban J connectivity index is 3.08. The van der Waals surface area contributed by atoms with Crippen LogP contribution in [-0.2, 0) is 0 Å². The van der Waals surface area contributed by atoms with E-state index < -0.39 is 27.9 Å². The summed E-state index contributed by atoms with van der Waals surface area (Å²) in [5, 5.41) is 20.5. The summed E-state index contributed by atoms with van der Waals surface area (Å²) in [6.45, 7) is -0.904. The Labute approximate surface area is 93.9 Å². The number of carbonyl (C=O) groups is 1. The van der Waals surface area contributed by atoms with Crippen LogP contribution in [-0.4, -0.2) is 22.2 Å². The number of carbonyl (C=O) groups excluding carboxylic acids is 1. The molecule has 1 rings (SSSR count). The highest BCUT2D eigenvalue weighted by molar-refractivity contribution is 6.32. The van der Waals surface area contributed by atoms with Gasteiger partial charge in [0, 0.05) is 16.6 Å². The fourth-order valence-electron chi connectivity index (χ4n) is 1.03. The van der Waals surface area contributed by atoms with Crippen molar-refractivity contribution in [1.29, 1.82) is 0 Å². The zero-order chi connectivity index (χ0) is 12.3. The van der Waals surface area contributed by atoms with E-state index in [4.69, 9.17) is 11.6 Å². The zero-order valence-electron chi connectivity index (χ0n) is 7.75. The van der Waals surface area contributed by atoms with E-state index in [9.17, 15) is 25.0 Å². The van der Waals surface area contributed by atoms with Gasteiger partial charge in [-0.25, -0.2) is 0 Å². The van der Waals surface area contributed by atoms with Crippen LogP contribution in [0.4, 0.5) is 5.69 Å². The fraction of sp³-hybridized carbons (Fsp3) is 0.125. The average Bonchev–Trinajstić information content (AvgIpc) is 2.16. The number of ketones is 1. The third-order valence-corrected chi connectivity index (χ3v) is 2.06. The van der Waals surface area contributed by atoms with Crippen molar-refractivity contribution < 1.29 is 14.6 Å². The summed E-state index contributed by atoms with van der Waals surface area (Å²) >= 11 is 5.51. The van der Waals surface area contributed by atoms with Gasteiger partial charge in [-0.05, 0) is 12.1 Å². The Kier molecular flexibility index (Phi) is 3.51. The predicted molar refractivity (Wildman–Crippen MR) is 54.3 cm³/mol. The number of hydrogen-bond acceptors (Lipinski definition) is 5. The highest BCUT2D eigenvalue weighted by atomic mass is 35.5. The van der Waals surface area contributed by atoms with E-state index in [-0.39, 0.29) is 10.6 Å². The summed E-state index contributed by atoms with van der Waals surface area (Å²) in [6, 6.07) is 3.29. The predicted octanol–water partition coefficient (Wildman–Crippen LogP) is 1.71. The second-order valence-electron chi connectivity index (χ2n) is 2.84. The first-order chi connectivity index (χ1) is 7.41. The molecule has 8 heteroatoms. The molecule has 0 spiro atoms. The van der Waals surface area contributed by atoms with Gasteiger partial charge in [-0.1, -0.05) is 11.6 Å². The van der Waals surface area contributed by atoms with E-state index in [1.54, 1.807) is 0 Å². The smallest absolute Gasteiger partial charge is 0.287 e. The summed E-state index contributed by atoms with van der Waals surface area (Å²) in [7, 11) is 0. The first-order valence-electron chi connectivity index (χ1n) is 4.00. The minimum Gasteiger partial charge on any atom is -0.287 e. The van der Waals surface area contributed by atoms with Gasteiger partial charge in [-0.3, -0.25) is 25.0 Å². The van der Waals surface area contributed by atoms with Crippen molar-refractivity contribution in [2.45, 2.75) is 0 Å². The molecule has 16 heavy (non-hydrogen) atoms. The Bertz CT molecular complexity index is 473. The summed E-state index contributed by atoms with van der Waals surface area (Å²) in [5.74, 6) is -0.801. The van der Waals surface area contributed by atoms with Gasteiger partial charge in [0.25, 0.3) is 12.2 Å². The van der Waals surface area contributed by atoms with Gasteiger partial charge >= 0.3 is 0 Å². The van der Waals surface area contributed by atoms with Gasteiger partial charge in [0.15, 0.2) is 0 Å². The second kappa shape index (κ2) is 4.67. The van der Waals surface area contributed by atoms with E-state index in [2.05, 4.69) is 0 Å². The van der Waals surface area contributed by atoms with Crippen LogP contribution in [0.5, 0.6) is 0 Å². The SMILES string of the molecule is O=C(C[N+](=O)[O-])c1ccc(Cl)c([N+](=O)[O-])c1. The molecule has 0 aromatic heterocycles. The Morgan fingerprint density at radius 3 is 2.44 bits per heavy atom. The van der Waals surface area contributed by atoms with Crippen LogP contribution in [0.15, 0.2) is 18.2 Å². The number of hydrogen-bond donors (Lipinski definition) is 0. The van der Waals surface area contributed by atoms with Crippen molar-refractivity contribution in [3.05, 3.63) is 49.0 Å². The topological polar surface area (TPSA) is 103 Å². The van der Waals surface area contributed by atoms with Crippen LogP contribution in [0.25, 0.3) is 0 Å². The van der Waals surface area contributed by atoms with Crippen molar-refractivity contribution >= 4 is 23.1 Å². The molecule has 1 aromatic carbocycles. The lowest BCUT2D eigenvalue weighted by atomic mass is 10.1. The number of nitrogens with zero attached hydrogens (tertiary/aromatic N) is 2. The summed E-state index contributed by atoms with van der Waals surface area (Å²) in [6.07, 6.45) is 0. The monoisotopic (exact) mass is 244 g/mol. The summed E-state index contributed by atoms with van der Waals surface area (Å²) in [4.78, 5) is 30.3.